The molecule has 0 bridgehead atoms. The summed E-state index contributed by atoms with van der Waals surface area (Å²) in [5.41, 5.74) is 1.61. The number of aryl methyl sites for hydroxylation is 1. The third-order valence-corrected chi connectivity index (χ3v) is 4.59. The van der Waals surface area contributed by atoms with Crippen LogP contribution in [-0.4, -0.2) is 28.1 Å². The third kappa shape index (κ3) is 2.84. The second-order valence-electron chi connectivity index (χ2n) is 5.68. The fraction of sp³-hybridized carbons (Fsp3) is 0.562. The highest BCUT2D eigenvalue weighted by molar-refractivity contribution is 6.30. The average Bonchev–Trinajstić information content (AvgIpc) is 2.77. The van der Waals surface area contributed by atoms with Crippen molar-refractivity contribution < 1.29 is 9.90 Å². The maximum Gasteiger partial charge on any atom is 0.324 e. The number of carbonyl (C=O) groups is 1. The number of benzene rings is 1. The molecule has 1 aromatic carbocycles. The van der Waals surface area contributed by atoms with Gasteiger partial charge in [-0.2, -0.15) is 0 Å². The summed E-state index contributed by atoms with van der Waals surface area (Å²) in [6.07, 6.45) is 3.32. The zero-order valence-electron chi connectivity index (χ0n) is 12.2. The van der Waals surface area contributed by atoms with Gasteiger partial charge in [-0.25, -0.2) is 0 Å². The van der Waals surface area contributed by atoms with Gasteiger partial charge in [0.05, 0.1) is 0 Å². The normalized spacial score (nSPS) is 23.1. The average molecular weight is 296 g/mol. The van der Waals surface area contributed by atoms with Crippen molar-refractivity contribution >= 4 is 17.6 Å². The molecule has 0 aromatic heterocycles. The quantitative estimate of drug-likeness (QED) is 0.896. The van der Waals surface area contributed by atoms with Crippen molar-refractivity contribution in [1.82, 2.24) is 4.90 Å². The van der Waals surface area contributed by atoms with Crippen molar-refractivity contribution in [3.05, 3.63) is 34.3 Å². The molecule has 1 fully saturated rings. The minimum Gasteiger partial charge on any atom is -0.480 e. The molecule has 0 spiro atoms. The highest BCUT2D eigenvalue weighted by Crippen LogP contribution is 2.35. The highest BCUT2D eigenvalue weighted by atomic mass is 35.5. The fourth-order valence-electron chi connectivity index (χ4n) is 3.25. The number of carboxylic acid groups (broad SMARTS) is 1. The minimum atomic E-state index is -0.680. The molecule has 1 N–H and O–H groups in total. The van der Waals surface area contributed by atoms with Crippen LogP contribution in [0.15, 0.2) is 18.2 Å². The lowest BCUT2D eigenvalue weighted by molar-refractivity contribution is -0.150. The maximum absolute atomic E-state index is 11.8. The first kappa shape index (κ1) is 15.3. The summed E-state index contributed by atoms with van der Waals surface area (Å²) in [4.78, 5) is 13.9. The van der Waals surface area contributed by atoms with Gasteiger partial charge in [-0.05, 0) is 56.0 Å². The van der Waals surface area contributed by atoms with Crippen molar-refractivity contribution in [2.75, 3.05) is 6.54 Å². The molecular formula is C16H22ClNO2. The molecule has 4 heteroatoms. The fourth-order valence-corrected chi connectivity index (χ4v) is 3.48. The Hall–Kier alpha value is -1.06. The number of nitrogens with zero attached hydrogens (tertiary/aromatic N) is 1. The van der Waals surface area contributed by atoms with Gasteiger partial charge in [0.15, 0.2) is 0 Å². The second kappa shape index (κ2) is 6.15. The van der Waals surface area contributed by atoms with E-state index in [1.54, 1.807) is 0 Å². The molecule has 0 saturated carbocycles. The van der Waals surface area contributed by atoms with E-state index in [1.807, 2.05) is 25.1 Å². The van der Waals surface area contributed by atoms with Gasteiger partial charge < -0.3 is 5.11 Å². The molecule has 1 unspecified atom stereocenters. The zero-order valence-corrected chi connectivity index (χ0v) is 12.9. The largest absolute Gasteiger partial charge is 0.480 e. The van der Waals surface area contributed by atoms with E-state index < -0.39 is 11.5 Å². The molecule has 1 aromatic rings. The third-order valence-electron chi connectivity index (χ3n) is 4.35. The maximum atomic E-state index is 11.8. The molecule has 1 heterocycles. The summed E-state index contributed by atoms with van der Waals surface area (Å²) in [5, 5.41) is 10.4. The summed E-state index contributed by atoms with van der Waals surface area (Å²) in [6.45, 7) is 5.62. The van der Waals surface area contributed by atoms with Crippen LogP contribution in [0.25, 0.3) is 0 Å². The van der Waals surface area contributed by atoms with Crippen LogP contribution in [0.2, 0.25) is 5.02 Å². The molecule has 1 saturated heterocycles. The monoisotopic (exact) mass is 295 g/mol. The standard InChI is InChI=1S/C16H22ClNO2/c1-3-7-16(15(19)20)8-4-9-18(16)11-13-5-6-14(17)10-12(13)2/h5-6,10H,3-4,7-9,11H2,1-2H3,(H,19,20). The summed E-state index contributed by atoms with van der Waals surface area (Å²) in [5.74, 6) is -0.677. The van der Waals surface area contributed by atoms with Crippen molar-refractivity contribution in [1.29, 1.82) is 0 Å². The molecule has 3 nitrogen and oxygen atoms in total. The lowest BCUT2D eigenvalue weighted by Crippen LogP contribution is -2.50. The predicted molar refractivity (Wildman–Crippen MR) is 81.1 cm³/mol. The molecule has 0 aliphatic carbocycles. The second-order valence-corrected chi connectivity index (χ2v) is 6.12. The SMILES string of the molecule is CCCC1(C(=O)O)CCCN1Cc1ccc(Cl)cc1C. The van der Waals surface area contributed by atoms with Gasteiger partial charge in [0.1, 0.15) is 5.54 Å². The van der Waals surface area contributed by atoms with Gasteiger partial charge in [0.2, 0.25) is 0 Å². The van der Waals surface area contributed by atoms with Crippen LogP contribution in [0.5, 0.6) is 0 Å². The predicted octanol–water partition coefficient (Wildman–Crippen LogP) is 3.87. The van der Waals surface area contributed by atoms with Crippen LogP contribution in [0.1, 0.15) is 43.7 Å². The van der Waals surface area contributed by atoms with Crippen molar-refractivity contribution in [2.24, 2.45) is 0 Å². The molecule has 0 amide bonds. The summed E-state index contributed by atoms with van der Waals surface area (Å²) in [6, 6.07) is 5.83. The van der Waals surface area contributed by atoms with E-state index in [4.69, 9.17) is 11.6 Å². The zero-order chi connectivity index (χ0) is 14.8. The summed E-state index contributed by atoms with van der Waals surface area (Å²) < 4.78 is 0. The molecule has 1 aliphatic rings. The van der Waals surface area contributed by atoms with Gasteiger partial charge >= 0.3 is 5.97 Å². The summed E-state index contributed by atoms with van der Waals surface area (Å²) >= 11 is 5.98. The molecule has 110 valence electrons. The number of likely N-dealkylation sites (tertiary alicyclic amines) is 1. The minimum absolute atomic E-state index is 0.677. The van der Waals surface area contributed by atoms with E-state index in [1.165, 1.54) is 0 Å². The Morgan fingerprint density at radius 2 is 2.25 bits per heavy atom. The Kier molecular flexibility index (Phi) is 4.71. The molecule has 0 radical (unpaired) electrons. The Balaban J connectivity index is 2.24. The van der Waals surface area contributed by atoms with E-state index in [9.17, 15) is 9.90 Å². The van der Waals surface area contributed by atoms with Crippen LogP contribution in [0.3, 0.4) is 0 Å². The number of hydrogen-bond acceptors (Lipinski definition) is 2. The van der Waals surface area contributed by atoms with Crippen LogP contribution in [0.4, 0.5) is 0 Å². The van der Waals surface area contributed by atoms with Gasteiger partial charge in [0, 0.05) is 11.6 Å². The Bertz CT molecular complexity index is 503. The molecule has 2 rings (SSSR count). The van der Waals surface area contributed by atoms with Crippen LogP contribution < -0.4 is 0 Å². The van der Waals surface area contributed by atoms with Crippen LogP contribution in [0, 0.1) is 6.92 Å². The van der Waals surface area contributed by atoms with Crippen molar-refractivity contribution in [2.45, 2.75) is 51.6 Å². The highest BCUT2D eigenvalue weighted by Gasteiger charge is 2.46. The van der Waals surface area contributed by atoms with Gasteiger partial charge in [-0.1, -0.05) is 31.0 Å². The van der Waals surface area contributed by atoms with E-state index in [2.05, 4.69) is 11.8 Å². The van der Waals surface area contributed by atoms with Gasteiger partial charge in [0.25, 0.3) is 0 Å². The first-order chi connectivity index (χ1) is 9.49. The van der Waals surface area contributed by atoms with E-state index >= 15 is 0 Å². The van der Waals surface area contributed by atoms with Gasteiger partial charge in [-0.3, -0.25) is 9.69 Å². The molecular weight excluding hydrogens is 274 g/mol. The topological polar surface area (TPSA) is 40.5 Å². The van der Waals surface area contributed by atoms with Crippen LogP contribution >= 0.6 is 11.6 Å². The number of hydrogen-bond donors (Lipinski definition) is 1. The van der Waals surface area contributed by atoms with Crippen LogP contribution in [-0.2, 0) is 11.3 Å². The van der Waals surface area contributed by atoms with Crippen molar-refractivity contribution in [3.63, 3.8) is 0 Å². The lowest BCUT2D eigenvalue weighted by atomic mass is 9.90. The Morgan fingerprint density at radius 1 is 1.50 bits per heavy atom. The molecule has 1 aliphatic heterocycles. The molecule has 1 atom stereocenters. The van der Waals surface area contributed by atoms with Gasteiger partial charge in [-0.15, -0.1) is 0 Å². The van der Waals surface area contributed by atoms with E-state index in [0.29, 0.717) is 6.54 Å². The number of aliphatic carboxylic acids is 1. The van der Waals surface area contributed by atoms with E-state index in [0.717, 1.165) is 48.4 Å². The number of rotatable bonds is 5. The first-order valence-corrected chi connectivity index (χ1v) is 7.61. The smallest absolute Gasteiger partial charge is 0.324 e. The summed E-state index contributed by atoms with van der Waals surface area (Å²) in [7, 11) is 0. The number of carboxylic acids is 1. The Labute approximate surface area is 125 Å². The Morgan fingerprint density at radius 3 is 2.85 bits per heavy atom. The first-order valence-electron chi connectivity index (χ1n) is 7.23. The van der Waals surface area contributed by atoms with Crippen molar-refractivity contribution in [3.8, 4) is 0 Å². The van der Waals surface area contributed by atoms with E-state index in [-0.39, 0.29) is 0 Å². The molecule has 20 heavy (non-hydrogen) atoms. The lowest BCUT2D eigenvalue weighted by Gasteiger charge is -2.35. The number of halogens is 1.